The van der Waals surface area contributed by atoms with E-state index in [9.17, 15) is 9.18 Å². The van der Waals surface area contributed by atoms with Gasteiger partial charge in [0.25, 0.3) is 5.91 Å². The normalized spacial score (nSPS) is 10.6. The van der Waals surface area contributed by atoms with Crippen LogP contribution in [0.3, 0.4) is 0 Å². The summed E-state index contributed by atoms with van der Waals surface area (Å²) in [5.74, 6) is 0.711. The Hall–Kier alpha value is -3.48. The van der Waals surface area contributed by atoms with E-state index >= 15 is 0 Å². The van der Waals surface area contributed by atoms with Crippen LogP contribution in [-0.4, -0.2) is 28.5 Å². The number of anilines is 2. The van der Waals surface area contributed by atoms with Crippen molar-refractivity contribution in [3.8, 4) is 5.75 Å². The number of nitrogens with one attached hydrogen (secondary N) is 2. The highest BCUT2D eigenvalue weighted by Crippen LogP contribution is 2.17. The highest BCUT2D eigenvalue weighted by atomic mass is 19.1. The summed E-state index contributed by atoms with van der Waals surface area (Å²) < 4.78 is 18.5. The molecule has 0 bridgehead atoms. The van der Waals surface area contributed by atoms with Crippen LogP contribution in [0.4, 0.5) is 15.9 Å². The minimum Gasteiger partial charge on any atom is -0.491 e. The van der Waals surface area contributed by atoms with Crippen LogP contribution in [0.5, 0.6) is 5.75 Å². The van der Waals surface area contributed by atoms with Crippen LogP contribution in [0.1, 0.15) is 29.9 Å². The molecule has 0 unspecified atom stereocenters. The molecule has 6 nitrogen and oxygen atoms in total. The molecule has 1 aromatic heterocycles. The molecule has 2 aromatic carbocycles. The van der Waals surface area contributed by atoms with Crippen LogP contribution in [0, 0.1) is 5.82 Å². The Balaban J connectivity index is 1.55. The van der Waals surface area contributed by atoms with Crippen molar-refractivity contribution >= 4 is 17.4 Å². The van der Waals surface area contributed by atoms with Crippen LogP contribution in [0.15, 0.2) is 60.9 Å². The average Bonchev–Trinajstić information content (AvgIpc) is 2.71. The van der Waals surface area contributed by atoms with Gasteiger partial charge in [0.15, 0.2) is 0 Å². The second kappa shape index (κ2) is 9.64. The van der Waals surface area contributed by atoms with Crippen molar-refractivity contribution in [2.24, 2.45) is 0 Å². The van der Waals surface area contributed by atoms with Crippen molar-refractivity contribution < 1.29 is 13.9 Å². The van der Waals surface area contributed by atoms with E-state index < -0.39 is 0 Å². The molecule has 1 heterocycles. The molecule has 0 fully saturated rings. The molecule has 3 aromatic rings. The van der Waals surface area contributed by atoms with Crippen LogP contribution < -0.4 is 15.4 Å². The van der Waals surface area contributed by atoms with Gasteiger partial charge in [-0.2, -0.15) is 0 Å². The number of aromatic nitrogens is 2. The molecule has 7 heteroatoms. The topological polar surface area (TPSA) is 76.1 Å². The number of hydrogen-bond donors (Lipinski definition) is 2. The fraction of sp³-hybridized carbons (Fsp3) is 0.227. The predicted octanol–water partition coefficient (Wildman–Crippen LogP) is 4.31. The van der Waals surface area contributed by atoms with Crippen LogP contribution in [0.2, 0.25) is 0 Å². The summed E-state index contributed by atoms with van der Waals surface area (Å²) in [6.07, 6.45) is 2.14. The first kappa shape index (κ1) is 20.3. The molecule has 2 N–H and O–H groups in total. The van der Waals surface area contributed by atoms with E-state index in [-0.39, 0.29) is 23.5 Å². The Bertz CT molecular complexity index is 944. The third kappa shape index (κ3) is 6.27. The maximum Gasteiger partial charge on any atom is 0.274 e. The minimum absolute atomic E-state index is 0.0884. The van der Waals surface area contributed by atoms with Crippen molar-refractivity contribution in [1.29, 1.82) is 0 Å². The SMILES string of the molecule is CC(C)Oc1ccc(NC(=O)c2cc(NCCc3ccc(F)cc3)ncn2)cc1. The third-order valence-electron chi connectivity index (χ3n) is 4.02. The van der Waals surface area contributed by atoms with Gasteiger partial charge in [0, 0.05) is 18.3 Å². The number of nitrogens with zero attached hydrogens (tertiary/aromatic N) is 2. The van der Waals surface area contributed by atoms with Crippen LogP contribution in [-0.2, 0) is 6.42 Å². The van der Waals surface area contributed by atoms with Gasteiger partial charge < -0.3 is 15.4 Å². The molecule has 0 saturated carbocycles. The number of halogens is 1. The summed E-state index contributed by atoms with van der Waals surface area (Å²) in [6.45, 7) is 4.51. The van der Waals surface area contributed by atoms with Crippen molar-refractivity contribution in [3.05, 3.63) is 78.0 Å². The van der Waals surface area contributed by atoms with Crippen LogP contribution in [0.25, 0.3) is 0 Å². The summed E-state index contributed by atoms with van der Waals surface area (Å²) in [7, 11) is 0. The first-order chi connectivity index (χ1) is 14.0. The average molecular weight is 394 g/mol. The number of amides is 1. The van der Waals surface area contributed by atoms with Gasteiger partial charge in [-0.1, -0.05) is 12.1 Å². The molecule has 0 spiro atoms. The maximum absolute atomic E-state index is 12.9. The number of benzene rings is 2. The lowest BCUT2D eigenvalue weighted by atomic mass is 10.1. The monoisotopic (exact) mass is 394 g/mol. The number of hydrogen-bond acceptors (Lipinski definition) is 5. The van der Waals surface area contributed by atoms with Gasteiger partial charge in [-0.25, -0.2) is 14.4 Å². The molecule has 0 saturated heterocycles. The van der Waals surface area contributed by atoms with E-state index in [1.807, 2.05) is 13.8 Å². The first-order valence-electron chi connectivity index (χ1n) is 9.38. The Morgan fingerprint density at radius 3 is 2.48 bits per heavy atom. The first-order valence-corrected chi connectivity index (χ1v) is 9.38. The molecule has 0 aliphatic rings. The zero-order valence-corrected chi connectivity index (χ0v) is 16.4. The summed E-state index contributed by atoms with van der Waals surface area (Å²) in [6, 6.07) is 15.1. The quantitative estimate of drug-likeness (QED) is 0.595. The van der Waals surface area contributed by atoms with E-state index in [1.165, 1.54) is 18.5 Å². The molecule has 3 rings (SSSR count). The van der Waals surface area contributed by atoms with E-state index in [1.54, 1.807) is 42.5 Å². The lowest BCUT2D eigenvalue weighted by Gasteiger charge is -2.11. The van der Waals surface area contributed by atoms with E-state index in [0.717, 1.165) is 11.3 Å². The van der Waals surface area contributed by atoms with Crippen molar-refractivity contribution in [3.63, 3.8) is 0 Å². The third-order valence-corrected chi connectivity index (χ3v) is 4.02. The zero-order valence-electron chi connectivity index (χ0n) is 16.4. The van der Waals surface area contributed by atoms with Crippen molar-refractivity contribution in [2.75, 3.05) is 17.2 Å². The smallest absolute Gasteiger partial charge is 0.274 e. The largest absolute Gasteiger partial charge is 0.491 e. The number of ether oxygens (including phenoxy) is 1. The summed E-state index contributed by atoms with van der Waals surface area (Å²) in [4.78, 5) is 20.6. The van der Waals surface area contributed by atoms with Gasteiger partial charge in [0.05, 0.1) is 6.10 Å². The second-order valence-electron chi connectivity index (χ2n) is 6.74. The molecule has 0 aliphatic carbocycles. The summed E-state index contributed by atoms with van der Waals surface area (Å²) >= 11 is 0. The van der Waals surface area contributed by atoms with Gasteiger partial charge in [-0.05, 0) is 62.2 Å². The minimum atomic E-state index is -0.327. The maximum atomic E-state index is 12.9. The van der Waals surface area contributed by atoms with Gasteiger partial charge >= 0.3 is 0 Å². The fourth-order valence-electron chi connectivity index (χ4n) is 2.65. The van der Waals surface area contributed by atoms with Crippen LogP contribution >= 0.6 is 0 Å². The number of rotatable bonds is 8. The molecule has 1 amide bonds. The van der Waals surface area contributed by atoms with E-state index in [2.05, 4.69) is 20.6 Å². The Morgan fingerprint density at radius 2 is 1.79 bits per heavy atom. The second-order valence-corrected chi connectivity index (χ2v) is 6.74. The fourth-order valence-corrected chi connectivity index (χ4v) is 2.65. The van der Waals surface area contributed by atoms with Crippen molar-refractivity contribution in [1.82, 2.24) is 9.97 Å². The van der Waals surface area contributed by atoms with E-state index in [4.69, 9.17) is 4.74 Å². The predicted molar refractivity (Wildman–Crippen MR) is 111 cm³/mol. The summed E-state index contributed by atoms with van der Waals surface area (Å²) in [5, 5.41) is 5.96. The molecular formula is C22H23FN4O2. The Labute approximate surface area is 169 Å². The van der Waals surface area contributed by atoms with Gasteiger partial charge in [-0.15, -0.1) is 0 Å². The lowest BCUT2D eigenvalue weighted by Crippen LogP contribution is -2.15. The Morgan fingerprint density at radius 1 is 1.07 bits per heavy atom. The molecule has 29 heavy (non-hydrogen) atoms. The zero-order chi connectivity index (χ0) is 20.6. The molecular weight excluding hydrogens is 371 g/mol. The molecule has 0 aliphatic heterocycles. The van der Waals surface area contributed by atoms with Gasteiger partial charge in [-0.3, -0.25) is 4.79 Å². The van der Waals surface area contributed by atoms with E-state index in [0.29, 0.717) is 24.5 Å². The number of carbonyl (C=O) groups excluding carboxylic acids is 1. The highest BCUT2D eigenvalue weighted by Gasteiger charge is 2.09. The molecule has 150 valence electrons. The standard InChI is InChI=1S/C22H23FN4O2/c1-15(2)29-19-9-7-18(8-10-19)27-22(28)20-13-21(26-14-25-20)24-12-11-16-3-5-17(23)6-4-16/h3-10,13-15H,11-12H2,1-2H3,(H,27,28)(H,24,25,26). The highest BCUT2D eigenvalue weighted by molar-refractivity contribution is 6.03. The summed E-state index contributed by atoms with van der Waals surface area (Å²) in [5.41, 5.74) is 1.91. The Kier molecular flexibility index (Phi) is 6.73. The lowest BCUT2D eigenvalue weighted by molar-refractivity contribution is 0.102. The molecule has 0 atom stereocenters. The molecule has 0 radical (unpaired) electrons. The number of carbonyl (C=O) groups is 1. The van der Waals surface area contributed by atoms with Gasteiger partial charge in [0.2, 0.25) is 0 Å². The van der Waals surface area contributed by atoms with Gasteiger partial charge in [0.1, 0.15) is 29.4 Å². The van der Waals surface area contributed by atoms with Crippen molar-refractivity contribution in [2.45, 2.75) is 26.4 Å².